The zero-order valence-electron chi connectivity index (χ0n) is 19.2. The van der Waals surface area contributed by atoms with Gasteiger partial charge in [-0.05, 0) is 66.7 Å². The van der Waals surface area contributed by atoms with Gasteiger partial charge in [-0.15, -0.1) is 0 Å². The molecule has 186 valence electrons. The molecule has 0 heterocycles. The summed E-state index contributed by atoms with van der Waals surface area (Å²) in [6.07, 6.45) is 1.04. The number of benzene rings is 3. The number of rotatable bonds is 9. The molecule has 0 aliphatic rings. The summed E-state index contributed by atoms with van der Waals surface area (Å²) >= 11 is 0. The van der Waals surface area contributed by atoms with E-state index in [9.17, 15) is 26.0 Å². The van der Waals surface area contributed by atoms with Crippen molar-refractivity contribution in [1.82, 2.24) is 0 Å². The lowest BCUT2D eigenvalue weighted by atomic mass is 10.2. The Kier molecular flexibility index (Phi) is 7.66. The molecule has 0 radical (unpaired) electrons. The van der Waals surface area contributed by atoms with Gasteiger partial charge in [0, 0.05) is 12.7 Å². The van der Waals surface area contributed by atoms with Gasteiger partial charge in [-0.25, -0.2) is 21.2 Å². The Hall–Kier alpha value is -3.64. The molecule has 9 nitrogen and oxygen atoms in total. The van der Waals surface area contributed by atoms with Crippen molar-refractivity contribution < 1.29 is 30.8 Å². The monoisotopic (exact) mass is 521 g/mol. The number of anilines is 3. The van der Waals surface area contributed by atoms with Crippen LogP contribution in [0, 0.1) is 5.82 Å². The minimum Gasteiger partial charge on any atom is -0.497 e. The number of halogens is 1. The second kappa shape index (κ2) is 10.3. The van der Waals surface area contributed by atoms with Gasteiger partial charge in [-0.2, -0.15) is 0 Å². The third-order valence-corrected chi connectivity index (χ3v) is 8.03. The lowest BCUT2D eigenvalue weighted by Gasteiger charge is -2.24. The first-order chi connectivity index (χ1) is 16.4. The van der Waals surface area contributed by atoms with Crippen molar-refractivity contribution in [3.05, 3.63) is 78.6 Å². The van der Waals surface area contributed by atoms with E-state index in [1.54, 1.807) is 12.1 Å². The van der Waals surface area contributed by atoms with E-state index < -0.39 is 38.3 Å². The molecule has 35 heavy (non-hydrogen) atoms. The summed E-state index contributed by atoms with van der Waals surface area (Å²) in [5.74, 6) is -0.800. The molecule has 3 rings (SSSR count). The van der Waals surface area contributed by atoms with Crippen LogP contribution in [0.4, 0.5) is 21.5 Å². The van der Waals surface area contributed by atoms with E-state index in [0.29, 0.717) is 11.4 Å². The van der Waals surface area contributed by atoms with Gasteiger partial charge in [0.25, 0.3) is 10.0 Å². The van der Waals surface area contributed by atoms with E-state index in [0.717, 1.165) is 27.0 Å². The predicted molar refractivity (Wildman–Crippen MR) is 132 cm³/mol. The second-order valence-corrected chi connectivity index (χ2v) is 11.4. The van der Waals surface area contributed by atoms with Gasteiger partial charge in [0.15, 0.2) is 0 Å². The zero-order valence-corrected chi connectivity index (χ0v) is 20.8. The third kappa shape index (κ3) is 6.28. The zero-order chi connectivity index (χ0) is 25.8. The van der Waals surface area contributed by atoms with E-state index in [1.807, 2.05) is 0 Å². The maximum atomic E-state index is 13.5. The first-order valence-electron chi connectivity index (χ1n) is 10.2. The Morgan fingerprint density at radius 3 is 2.14 bits per heavy atom. The molecule has 0 aromatic heterocycles. The summed E-state index contributed by atoms with van der Waals surface area (Å²) in [6.45, 7) is -0.619. The molecule has 1 N–H and O–H groups in total. The Labute approximate surface area is 203 Å². The highest BCUT2D eigenvalue weighted by Gasteiger charge is 2.27. The second-order valence-electron chi connectivity index (χ2n) is 7.49. The van der Waals surface area contributed by atoms with Crippen LogP contribution < -0.4 is 18.7 Å². The molecule has 0 aliphatic heterocycles. The number of ether oxygens (including phenoxy) is 1. The average molecular weight is 522 g/mol. The Bertz CT molecular complexity index is 1410. The maximum absolute atomic E-state index is 13.5. The number of hydrogen-bond acceptors (Lipinski definition) is 6. The molecule has 0 unspecified atom stereocenters. The topological polar surface area (TPSA) is 113 Å². The number of nitrogens with zero attached hydrogens (tertiary/aromatic N) is 2. The van der Waals surface area contributed by atoms with Crippen LogP contribution in [0.2, 0.25) is 0 Å². The molecule has 0 fully saturated rings. The van der Waals surface area contributed by atoms with Crippen molar-refractivity contribution >= 4 is 43.0 Å². The standard InChI is InChI=1S/C23H24FN3O6S2/c1-26(34(3,29)30)20-6-4-5-18(15-20)25-23(28)16-27(19-9-7-17(24)8-10-19)35(31,32)22-13-11-21(33-2)12-14-22/h4-15H,16H2,1-3H3,(H,25,28). The number of carbonyl (C=O) groups excluding carboxylic acids is 1. The van der Waals surface area contributed by atoms with E-state index in [4.69, 9.17) is 4.74 Å². The highest BCUT2D eigenvalue weighted by atomic mass is 32.2. The van der Waals surface area contributed by atoms with Gasteiger partial charge >= 0.3 is 0 Å². The van der Waals surface area contributed by atoms with Crippen molar-refractivity contribution in [2.45, 2.75) is 4.90 Å². The molecule has 0 saturated carbocycles. The van der Waals surface area contributed by atoms with Gasteiger partial charge in [0.1, 0.15) is 18.1 Å². The number of nitrogens with one attached hydrogen (secondary N) is 1. The minimum absolute atomic E-state index is 0.0860. The summed E-state index contributed by atoms with van der Waals surface area (Å²) in [7, 11) is -4.92. The Morgan fingerprint density at radius 2 is 1.57 bits per heavy atom. The highest BCUT2D eigenvalue weighted by Crippen LogP contribution is 2.26. The lowest BCUT2D eigenvalue weighted by Crippen LogP contribution is -2.38. The average Bonchev–Trinajstić information content (AvgIpc) is 2.82. The molecule has 12 heteroatoms. The molecular weight excluding hydrogens is 497 g/mol. The predicted octanol–water partition coefficient (Wildman–Crippen LogP) is 3.06. The summed E-state index contributed by atoms with van der Waals surface area (Å²) in [6, 6.07) is 16.4. The van der Waals surface area contributed by atoms with Gasteiger partial charge in [0.2, 0.25) is 15.9 Å². The number of carbonyl (C=O) groups is 1. The maximum Gasteiger partial charge on any atom is 0.264 e. The first-order valence-corrected chi connectivity index (χ1v) is 13.5. The Morgan fingerprint density at radius 1 is 0.943 bits per heavy atom. The lowest BCUT2D eigenvalue weighted by molar-refractivity contribution is -0.114. The number of hydrogen-bond donors (Lipinski definition) is 1. The van der Waals surface area contributed by atoms with E-state index in [1.165, 1.54) is 62.7 Å². The molecule has 1 amide bonds. The van der Waals surface area contributed by atoms with Crippen LogP contribution in [0.15, 0.2) is 77.7 Å². The molecule has 0 atom stereocenters. The van der Waals surface area contributed by atoms with Gasteiger partial charge in [-0.1, -0.05) is 6.07 Å². The smallest absolute Gasteiger partial charge is 0.264 e. The summed E-state index contributed by atoms with van der Waals surface area (Å²) < 4.78 is 70.9. The SMILES string of the molecule is COc1ccc(S(=O)(=O)N(CC(=O)Nc2cccc(N(C)S(C)(=O)=O)c2)c2ccc(F)cc2)cc1. The highest BCUT2D eigenvalue weighted by molar-refractivity contribution is 7.93. The van der Waals surface area contributed by atoms with E-state index >= 15 is 0 Å². The quantitative estimate of drug-likeness (QED) is 0.463. The van der Waals surface area contributed by atoms with Crippen LogP contribution in [0.1, 0.15) is 0 Å². The molecule has 0 bridgehead atoms. The van der Waals surface area contributed by atoms with Crippen molar-refractivity contribution in [3.63, 3.8) is 0 Å². The van der Waals surface area contributed by atoms with Crippen LogP contribution >= 0.6 is 0 Å². The molecule has 0 aliphatic carbocycles. The largest absolute Gasteiger partial charge is 0.497 e. The van der Waals surface area contributed by atoms with Crippen molar-refractivity contribution in [2.75, 3.05) is 40.9 Å². The molecule has 0 saturated heterocycles. The van der Waals surface area contributed by atoms with E-state index in [2.05, 4.69) is 5.32 Å². The Balaban J connectivity index is 1.91. The van der Waals surface area contributed by atoms with Gasteiger partial charge in [-0.3, -0.25) is 13.4 Å². The third-order valence-electron chi connectivity index (χ3n) is 5.04. The summed E-state index contributed by atoms with van der Waals surface area (Å²) in [4.78, 5) is 12.8. The first kappa shape index (κ1) is 26.0. The van der Waals surface area contributed by atoms with Crippen molar-refractivity contribution in [3.8, 4) is 5.75 Å². The molecular formula is C23H24FN3O6S2. The number of amides is 1. The fourth-order valence-corrected chi connectivity index (χ4v) is 5.02. The van der Waals surface area contributed by atoms with Crippen LogP contribution in [0.3, 0.4) is 0 Å². The van der Waals surface area contributed by atoms with Gasteiger partial charge in [0.05, 0.1) is 29.6 Å². The number of sulfonamides is 2. The molecule has 3 aromatic rings. The fourth-order valence-electron chi connectivity index (χ4n) is 3.10. The van der Waals surface area contributed by atoms with Crippen molar-refractivity contribution in [1.29, 1.82) is 0 Å². The van der Waals surface area contributed by atoms with Crippen LogP contribution in [0.5, 0.6) is 5.75 Å². The molecule has 3 aromatic carbocycles. The van der Waals surface area contributed by atoms with Crippen LogP contribution in [-0.2, 0) is 24.8 Å². The van der Waals surface area contributed by atoms with Crippen LogP contribution in [-0.4, -0.2) is 49.7 Å². The van der Waals surface area contributed by atoms with Crippen molar-refractivity contribution in [2.24, 2.45) is 0 Å². The van der Waals surface area contributed by atoms with E-state index in [-0.39, 0.29) is 16.3 Å². The number of methoxy groups -OCH3 is 1. The van der Waals surface area contributed by atoms with Crippen LogP contribution in [0.25, 0.3) is 0 Å². The fraction of sp³-hybridized carbons (Fsp3) is 0.174. The summed E-state index contributed by atoms with van der Waals surface area (Å²) in [5.41, 5.74) is 0.665. The minimum atomic E-state index is -4.21. The normalized spacial score (nSPS) is 11.5. The summed E-state index contributed by atoms with van der Waals surface area (Å²) in [5, 5.41) is 2.58. The molecule has 0 spiro atoms. The van der Waals surface area contributed by atoms with Gasteiger partial charge < -0.3 is 10.1 Å².